The van der Waals surface area contributed by atoms with Gasteiger partial charge >= 0.3 is 0 Å². The van der Waals surface area contributed by atoms with Crippen molar-refractivity contribution in [2.24, 2.45) is 0 Å². The number of rotatable bonds is 5. The van der Waals surface area contributed by atoms with Crippen molar-refractivity contribution in [3.63, 3.8) is 0 Å². The zero-order valence-electron chi connectivity index (χ0n) is 11.9. The summed E-state index contributed by atoms with van der Waals surface area (Å²) in [6.45, 7) is 1.87. The Morgan fingerprint density at radius 1 is 1.14 bits per heavy atom. The Balaban J connectivity index is 2.05. The molecule has 0 aliphatic heterocycles. The van der Waals surface area contributed by atoms with Gasteiger partial charge in [0.1, 0.15) is 0 Å². The molecule has 0 aliphatic rings. The minimum atomic E-state index is -0.151. The average molecular weight is 281 g/mol. The molecule has 0 unspecified atom stereocenters. The maximum atomic E-state index is 12.0. The Bertz CT molecular complexity index is 684. The number of ketones is 1. The number of ether oxygens (including phenoxy) is 2. The van der Waals surface area contributed by atoms with Gasteiger partial charge in [0.15, 0.2) is 23.9 Å². The highest BCUT2D eigenvalue weighted by Crippen LogP contribution is 2.27. The van der Waals surface area contributed by atoms with Crippen molar-refractivity contribution in [2.75, 3.05) is 13.7 Å². The number of hydrogen-bond acceptors (Lipinski definition) is 4. The fourth-order valence-electron chi connectivity index (χ4n) is 1.85. The SMILES string of the molecule is COc1cc(C)ccc1OCC(=O)c1ccc(C#N)cc1. The second-order valence-corrected chi connectivity index (χ2v) is 4.56. The van der Waals surface area contributed by atoms with Crippen molar-refractivity contribution in [1.82, 2.24) is 0 Å². The molecule has 0 aliphatic carbocycles. The highest BCUT2D eigenvalue weighted by molar-refractivity contribution is 5.97. The van der Waals surface area contributed by atoms with Gasteiger partial charge in [-0.25, -0.2) is 0 Å². The molecule has 0 atom stereocenters. The Hall–Kier alpha value is -2.80. The Morgan fingerprint density at radius 2 is 1.86 bits per heavy atom. The van der Waals surface area contributed by atoms with Crippen LogP contribution in [0.15, 0.2) is 42.5 Å². The van der Waals surface area contributed by atoms with Gasteiger partial charge in [-0.3, -0.25) is 4.79 Å². The molecule has 0 fully saturated rings. The first-order valence-electron chi connectivity index (χ1n) is 6.45. The lowest BCUT2D eigenvalue weighted by Crippen LogP contribution is -2.12. The molecule has 0 bridgehead atoms. The molecule has 0 aromatic heterocycles. The summed E-state index contributed by atoms with van der Waals surface area (Å²) in [7, 11) is 1.56. The molecule has 0 N–H and O–H groups in total. The minimum absolute atomic E-state index is 0.0781. The molecular weight excluding hydrogens is 266 g/mol. The molecule has 0 amide bonds. The number of nitrogens with zero attached hydrogens (tertiary/aromatic N) is 1. The topological polar surface area (TPSA) is 59.3 Å². The summed E-state index contributed by atoms with van der Waals surface area (Å²) in [5.41, 5.74) is 2.09. The van der Waals surface area contributed by atoms with E-state index in [1.54, 1.807) is 37.4 Å². The molecule has 2 rings (SSSR count). The number of hydrogen-bond donors (Lipinski definition) is 0. The van der Waals surface area contributed by atoms with Crippen LogP contribution >= 0.6 is 0 Å². The summed E-state index contributed by atoms with van der Waals surface area (Å²) in [6.07, 6.45) is 0. The van der Waals surface area contributed by atoms with E-state index in [9.17, 15) is 4.79 Å². The molecule has 106 valence electrons. The second-order valence-electron chi connectivity index (χ2n) is 4.56. The Morgan fingerprint density at radius 3 is 2.48 bits per heavy atom. The molecule has 21 heavy (non-hydrogen) atoms. The van der Waals surface area contributed by atoms with Gasteiger partial charge in [0.2, 0.25) is 0 Å². The first-order chi connectivity index (χ1) is 10.1. The van der Waals surface area contributed by atoms with E-state index < -0.39 is 0 Å². The number of methoxy groups -OCH3 is 1. The van der Waals surface area contributed by atoms with E-state index in [4.69, 9.17) is 14.7 Å². The van der Waals surface area contributed by atoms with E-state index in [0.29, 0.717) is 22.6 Å². The predicted molar refractivity (Wildman–Crippen MR) is 78.7 cm³/mol. The Labute approximate surface area is 123 Å². The van der Waals surface area contributed by atoms with Crippen molar-refractivity contribution in [2.45, 2.75) is 6.92 Å². The number of benzene rings is 2. The van der Waals surface area contributed by atoms with Crippen LogP contribution in [0.4, 0.5) is 0 Å². The lowest BCUT2D eigenvalue weighted by Gasteiger charge is -2.10. The first-order valence-corrected chi connectivity index (χ1v) is 6.45. The van der Waals surface area contributed by atoms with Gasteiger partial charge < -0.3 is 9.47 Å². The van der Waals surface area contributed by atoms with Gasteiger partial charge in [0, 0.05) is 5.56 Å². The molecule has 0 saturated heterocycles. The molecule has 0 heterocycles. The van der Waals surface area contributed by atoms with E-state index >= 15 is 0 Å². The summed E-state index contributed by atoms with van der Waals surface area (Å²) in [5.74, 6) is 0.981. The normalized spacial score (nSPS) is 9.76. The first kappa shape index (κ1) is 14.6. The van der Waals surface area contributed by atoms with Crippen LogP contribution in [0.3, 0.4) is 0 Å². The fourth-order valence-corrected chi connectivity index (χ4v) is 1.85. The van der Waals surface area contributed by atoms with Gasteiger partial charge in [-0.1, -0.05) is 6.07 Å². The zero-order valence-corrected chi connectivity index (χ0v) is 11.9. The smallest absolute Gasteiger partial charge is 0.200 e. The van der Waals surface area contributed by atoms with Crippen LogP contribution in [-0.4, -0.2) is 19.5 Å². The standard InChI is InChI=1S/C17H15NO3/c1-12-3-8-16(17(9-12)20-2)21-11-15(19)14-6-4-13(10-18)5-7-14/h3-9H,11H2,1-2H3. The number of nitriles is 1. The summed E-state index contributed by atoms with van der Waals surface area (Å²) in [4.78, 5) is 12.0. The van der Waals surface area contributed by atoms with Crippen LogP contribution in [0, 0.1) is 18.3 Å². The fraction of sp³-hybridized carbons (Fsp3) is 0.176. The van der Waals surface area contributed by atoms with E-state index in [1.807, 2.05) is 25.1 Å². The van der Waals surface area contributed by atoms with Crippen molar-refractivity contribution in [3.8, 4) is 17.6 Å². The summed E-state index contributed by atoms with van der Waals surface area (Å²) < 4.78 is 10.7. The van der Waals surface area contributed by atoms with Crippen molar-refractivity contribution in [1.29, 1.82) is 5.26 Å². The largest absolute Gasteiger partial charge is 0.493 e. The van der Waals surface area contributed by atoms with E-state index in [1.165, 1.54) is 0 Å². The van der Waals surface area contributed by atoms with Crippen molar-refractivity contribution in [3.05, 3.63) is 59.2 Å². The molecule has 0 radical (unpaired) electrons. The van der Waals surface area contributed by atoms with Gasteiger partial charge in [-0.2, -0.15) is 5.26 Å². The van der Waals surface area contributed by atoms with Gasteiger partial charge in [0.25, 0.3) is 0 Å². The minimum Gasteiger partial charge on any atom is -0.493 e. The molecular formula is C17H15NO3. The third-order valence-corrected chi connectivity index (χ3v) is 3.01. The van der Waals surface area contributed by atoms with Gasteiger partial charge in [-0.05, 0) is 48.9 Å². The molecule has 0 spiro atoms. The number of aryl methyl sites for hydroxylation is 1. The van der Waals surface area contributed by atoms with Crippen LogP contribution in [0.2, 0.25) is 0 Å². The zero-order chi connectivity index (χ0) is 15.2. The monoisotopic (exact) mass is 281 g/mol. The summed E-state index contributed by atoms with van der Waals surface area (Å²) in [5, 5.41) is 8.73. The quantitative estimate of drug-likeness (QED) is 0.790. The third-order valence-electron chi connectivity index (χ3n) is 3.01. The van der Waals surface area contributed by atoms with Crippen LogP contribution in [-0.2, 0) is 0 Å². The van der Waals surface area contributed by atoms with Crippen LogP contribution < -0.4 is 9.47 Å². The number of carbonyl (C=O) groups excluding carboxylic acids is 1. The number of carbonyl (C=O) groups is 1. The summed E-state index contributed by atoms with van der Waals surface area (Å²) in [6, 6.07) is 14.0. The second kappa shape index (κ2) is 6.58. The van der Waals surface area contributed by atoms with Crippen LogP contribution in [0.1, 0.15) is 21.5 Å². The van der Waals surface area contributed by atoms with Crippen molar-refractivity contribution >= 4 is 5.78 Å². The maximum Gasteiger partial charge on any atom is 0.200 e. The third kappa shape index (κ3) is 3.61. The van der Waals surface area contributed by atoms with Crippen molar-refractivity contribution < 1.29 is 14.3 Å². The number of Topliss-reactive ketones (excluding diaryl/α,β-unsaturated/α-hetero) is 1. The van der Waals surface area contributed by atoms with E-state index in [2.05, 4.69) is 0 Å². The highest BCUT2D eigenvalue weighted by Gasteiger charge is 2.10. The molecule has 2 aromatic carbocycles. The average Bonchev–Trinajstić information content (AvgIpc) is 2.53. The summed E-state index contributed by atoms with van der Waals surface area (Å²) >= 11 is 0. The maximum absolute atomic E-state index is 12.0. The van der Waals surface area contributed by atoms with Crippen LogP contribution in [0.5, 0.6) is 11.5 Å². The van der Waals surface area contributed by atoms with Crippen LogP contribution in [0.25, 0.3) is 0 Å². The molecule has 4 nitrogen and oxygen atoms in total. The molecule has 0 saturated carbocycles. The highest BCUT2D eigenvalue weighted by atomic mass is 16.5. The molecule has 4 heteroatoms. The Kier molecular flexibility index (Phi) is 4.57. The van der Waals surface area contributed by atoms with Gasteiger partial charge in [-0.15, -0.1) is 0 Å². The lowest BCUT2D eigenvalue weighted by molar-refractivity contribution is 0.0919. The van der Waals surface area contributed by atoms with Gasteiger partial charge in [0.05, 0.1) is 18.7 Å². The predicted octanol–water partition coefficient (Wildman–Crippen LogP) is 3.14. The van der Waals surface area contributed by atoms with E-state index in [0.717, 1.165) is 5.56 Å². The molecule has 2 aromatic rings. The van der Waals surface area contributed by atoms with E-state index in [-0.39, 0.29) is 12.4 Å². The lowest BCUT2D eigenvalue weighted by atomic mass is 10.1.